The lowest BCUT2D eigenvalue weighted by molar-refractivity contribution is -0.282. The largest absolute Gasteiger partial charge is 0.236 e. The average molecular weight is 130 g/mol. The third kappa shape index (κ3) is 1.66. The quantitative estimate of drug-likeness (QED) is 0.530. The van der Waals surface area contributed by atoms with Gasteiger partial charge in [-0.2, -0.15) is 0 Å². The van der Waals surface area contributed by atoms with Crippen molar-refractivity contribution in [1.29, 1.82) is 0 Å². The molecule has 1 saturated heterocycles. The molecular formula is C7H14O2. The molecule has 2 atom stereocenters. The monoisotopic (exact) mass is 130 g/mol. The molecule has 2 heteroatoms. The lowest BCUT2D eigenvalue weighted by atomic mass is 10.0. The Hall–Kier alpha value is -0.0800. The van der Waals surface area contributed by atoms with Gasteiger partial charge in [0.2, 0.25) is 0 Å². The normalized spacial score (nSPS) is 30.7. The fourth-order valence-corrected chi connectivity index (χ4v) is 0.990. The lowest BCUT2D eigenvalue weighted by Crippen LogP contribution is -2.14. The summed E-state index contributed by atoms with van der Waals surface area (Å²) in [6.07, 6.45) is 2.60. The van der Waals surface area contributed by atoms with Gasteiger partial charge in [0.05, 0.1) is 12.7 Å². The summed E-state index contributed by atoms with van der Waals surface area (Å²) in [5.41, 5.74) is 0. The third-order valence-electron chi connectivity index (χ3n) is 1.96. The molecule has 0 saturated carbocycles. The zero-order chi connectivity index (χ0) is 6.69. The minimum atomic E-state index is 0.356. The van der Waals surface area contributed by atoms with E-state index in [2.05, 4.69) is 13.8 Å². The van der Waals surface area contributed by atoms with E-state index in [1.807, 2.05) is 0 Å². The molecule has 2 unspecified atom stereocenters. The van der Waals surface area contributed by atoms with Crippen LogP contribution in [0.4, 0.5) is 0 Å². The molecule has 0 spiro atoms. The smallest absolute Gasteiger partial charge is 0.0978 e. The van der Waals surface area contributed by atoms with Crippen molar-refractivity contribution in [2.24, 2.45) is 5.92 Å². The van der Waals surface area contributed by atoms with E-state index >= 15 is 0 Å². The van der Waals surface area contributed by atoms with Crippen LogP contribution in [0.15, 0.2) is 0 Å². The Balaban J connectivity index is 2.24. The second kappa shape index (κ2) is 3.18. The summed E-state index contributed by atoms with van der Waals surface area (Å²) >= 11 is 0. The first-order valence-electron chi connectivity index (χ1n) is 3.63. The van der Waals surface area contributed by atoms with Crippen LogP contribution in [0.1, 0.15) is 26.7 Å². The molecule has 0 aliphatic carbocycles. The van der Waals surface area contributed by atoms with E-state index in [0.29, 0.717) is 12.0 Å². The van der Waals surface area contributed by atoms with Gasteiger partial charge in [-0.15, -0.1) is 0 Å². The van der Waals surface area contributed by atoms with Crippen molar-refractivity contribution in [1.82, 2.24) is 0 Å². The highest BCUT2D eigenvalue weighted by Gasteiger charge is 2.22. The van der Waals surface area contributed by atoms with Gasteiger partial charge in [0.15, 0.2) is 0 Å². The van der Waals surface area contributed by atoms with Gasteiger partial charge in [0.25, 0.3) is 0 Å². The Morgan fingerprint density at radius 3 is 2.89 bits per heavy atom. The number of hydrogen-bond donors (Lipinski definition) is 0. The maximum atomic E-state index is 5.01. The molecule has 0 aromatic carbocycles. The average Bonchev–Trinajstić information content (AvgIpc) is 2.37. The lowest BCUT2D eigenvalue weighted by Gasteiger charge is -2.12. The molecule has 1 fully saturated rings. The molecule has 0 N–H and O–H groups in total. The van der Waals surface area contributed by atoms with Crippen LogP contribution in [-0.4, -0.2) is 12.7 Å². The minimum absolute atomic E-state index is 0.356. The van der Waals surface area contributed by atoms with Crippen molar-refractivity contribution < 1.29 is 9.78 Å². The summed E-state index contributed by atoms with van der Waals surface area (Å²) < 4.78 is 0. The highest BCUT2D eigenvalue weighted by Crippen LogP contribution is 2.19. The molecule has 1 aliphatic heterocycles. The van der Waals surface area contributed by atoms with Gasteiger partial charge in [0.1, 0.15) is 0 Å². The molecule has 1 aliphatic rings. The first-order chi connectivity index (χ1) is 4.34. The highest BCUT2D eigenvalue weighted by molar-refractivity contribution is 4.65. The molecule has 0 aromatic heterocycles. The zero-order valence-corrected chi connectivity index (χ0v) is 6.09. The molecule has 1 rings (SSSR count). The molecule has 0 amide bonds. The van der Waals surface area contributed by atoms with Crippen LogP contribution in [0.5, 0.6) is 0 Å². The fraction of sp³-hybridized carbons (Fsp3) is 1.00. The van der Waals surface area contributed by atoms with Crippen molar-refractivity contribution in [3.8, 4) is 0 Å². The SMILES string of the molecule is CCC(C)C1CCOO1. The maximum Gasteiger partial charge on any atom is 0.0978 e. The topological polar surface area (TPSA) is 18.5 Å². The Morgan fingerprint density at radius 2 is 2.44 bits per heavy atom. The first-order valence-corrected chi connectivity index (χ1v) is 3.63. The van der Waals surface area contributed by atoms with Crippen LogP contribution >= 0.6 is 0 Å². The Kier molecular flexibility index (Phi) is 2.49. The van der Waals surface area contributed by atoms with E-state index < -0.39 is 0 Å². The molecule has 1 heterocycles. The Labute approximate surface area is 56.1 Å². The van der Waals surface area contributed by atoms with Crippen LogP contribution < -0.4 is 0 Å². The summed E-state index contributed by atoms with van der Waals surface area (Å²) in [7, 11) is 0. The number of hydrogen-bond acceptors (Lipinski definition) is 2. The van der Waals surface area contributed by atoms with Gasteiger partial charge in [-0.1, -0.05) is 20.3 Å². The summed E-state index contributed by atoms with van der Waals surface area (Å²) in [5, 5.41) is 0. The van der Waals surface area contributed by atoms with Gasteiger partial charge in [-0.25, -0.2) is 9.78 Å². The van der Waals surface area contributed by atoms with Gasteiger partial charge < -0.3 is 0 Å². The highest BCUT2D eigenvalue weighted by atomic mass is 17.2. The molecule has 54 valence electrons. The van der Waals surface area contributed by atoms with Gasteiger partial charge >= 0.3 is 0 Å². The predicted octanol–water partition coefficient (Wildman–Crippen LogP) is 1.75. The Bertz CT molecular complexity index is 77.0. The molecular weight excluding hydrogens is 116 g/mol. The predicted molar refractivity (Wildman–Crippen MR) is 34.9 cm³/mol. The van der Waals surface area contributed by atoms with Crippen molar-refractivity contribution >= 4 is 0 Å². The van der Waals surface area contributed by atoms with E-state index in [9.17, 15) is 0 Å². The van der Waals surface area contributed by atoms with Gasteiger partial charge in [-0.05, 0) is 5.92 Å². The zero-order valence-electron chi connectivity index (χ0n) is 6.09. The standard InChI is InChI=1S/C7H14O2/c1-3-6(2)7-4-5-8-9-7/h6-7H,3-5H2,1-2H3. The van der Waals surface area contributed by atoms with Crippen LogP contribution in [-0.2, 0) is 9.78 Å². The van der Waals surface area contributed by atoms with Crippen molar-refractivity contribution in [3.05, 3.63) is 0 Å². The third-order valence-corrected chi connectivity index (χ3v) is 1.96. The maximum absolute atomic E-state index is 5.01. The summed E-state index contributed by atoms with van der Waals surface area (Å²) in [6, 6.07) is 0. The van der Waals surface area contributed by atoms with Gasteiger partial charge in [0, 0.05) is 6.42 Å². The van der Waals surface area contributed by atoms with E-state index in [1.54, 1.807) is 0 Å². The van der Waals surface area contributed by atoms with Crippen molar-refractivity contribution in [3.63, 3.8) is 0 Å². The summed E-state index contributed by atoms with van der Waals surface area (Å²) in [5.74, 6) is 0.646. The summed E-state index contributed by atoms with van der Waals surface area (Å²) in [4.78, 5) is 9.79. The van der Waals surface area contributed by atoms with Gasteiger partial charge in [-0.3, -0.25) is 0 Å². The van der Waals surface area contributed by atoms with Crippen LogP contribution in [0.3, 0.4) is 0 Å². The van der Waals surface area contributed by atoms with E-state index in [4.69, 9.17) is 9.78 Å². The van der Waals surface area contributed by atoms with E-state index in [0.717, 1.165) is 13.0 Å². The van der Waals surface area contributed by atoms with E-state index in [1.165, 1.54) is 6.42 Å². The molecule has 9 heavy (non-hydrogen) atoms. The summed E-state index contributed by atoms with van der Waals surface area (Å²) in [6.45, 7) is 5.14. The number of rotatable bonds is 2. The van der Waals surface area contributed by atoms with Crippen LogP contribution in [0.25, 0.3) is 0 Å². The molecule has 0 radical (unpaired) electrons. The minimum Gasteiger partial charge on any atom is -0.236 e. The van der Waals surface area contributed by atoms with Crippen LogP contribution in [0, 0.1) is 5.92 Å². The second-order valence-corrected chi connectivity index (χ2v) is 2.63. The Morgan fingerprint density at radius 1 is 1.67 bits per heavy atom. The first kappa shape index (κ1) is 7.03. The van der Waals surface area contributed by atoms with Crippen molar-refractivity contribution in [2.75, 3.05) is 6.61 Å². The molecule has 2 nitrogen and oxygen atoms in total. The molecule has 0 aromatic rings. The molecule has 0 bridgehead atoms. The van der Waals surface area contributed by atoms with E-state index in [-0.39, 0.29) is 0 Å². The fourth-order valence-electron chi connectivity index (χ4n) is 0.990. The van der Waals surface area contributed by atoms with Crippen LogP contribution in [0.2, 0.25) is 0 Å². The second-order valence-electron chi connectivity index (χ2n) is 2.63. The van der Waals surface area contributed by atoms with Crippen molar-refractivity contribution in [2.45, 2.75) is 32.8 Å².